The summed E-state index contributed by atoms with van der Waals surface area (Å²) in [6, 6.07) is 4.60. The number of benzene rings is 1. The first-order valence-electron chi connectivity index (χ1n) is 5.30. The Morgan fingerprint density at radius 3 is 2.74 bits per heavy atom. The predicted octanol–water partition coefficient (Wildman–Crippen LogP) is 2.18. The molecule has 0 saturated carbocycles. The molecule has 1 aromatic carbocycles. The third-order valence-corrected chi connectivity index (χ3v) is 3.98. The maximum absolute atomic E-state index is 12.0. The van der Waals surface area contributed by atoms with E-state index in [1.54, 1.807) is 19.1 Å². The molecule has 0 atom stereocenters. The number of nitrogens with zero attached hydrogens (tertiary/aromatic N) is 1. The van der Waals surface area contributed by atoms with Crippen LogP contribution in [0.25, 0.3) is 0 Å². The number of anilines is 1. The normalized spacial score (nSPS) is 11.3. The highest BCUT2D eigenvalue weighted by atomic mass is 35.5. The number of hydrogen-bond acceptors (Lipinski definition) is 4. The summed E-state index contributed by atoms with van der Waals surface area (Å²) >= 11 is 5.87. The van der Waals surface area contributed by atoms with Gasteiger partial charge in [0.15, 0.2) is 5.03 Å². The molecule has 2 aromatic rings. The summed E-state index contributed by atoms with van der Waals surface area (Å²) in [5.74, 6) is 0.914. The Kier molecular flexibility index (Phi) is 3.68. The fraction of sp³-hybridized carbons (Fsp3) is 0.182. The Bertz CT molecular complexity index is 697. The van der Waals surface area contributed by atoms with Crippen molar-refractivity contribution < 1.29 is 13.2 Å². The minimum Gasteiger partial charge on any atom is -0.495 e. The average Bonchev–Trinajstić information content (AvgIpc) is 2.79. The zero-order chi connectivity index (χ0) is 14.0. The van der Waals surface area contributed by atoms with Crippen LogP contribution in [-0.2, 0) is 10.0 Å². The summed E-state index contributed by atoms with van der Waals surface area (Å²) in [5, 5.41) is 0.404. The number of rotatable bonds is 4. The van der Waals surface area contributed by atoms with E-state index in [-0.39, 0.29) is 5.03 Å². The van der Waals surface area contributed by atoms with Crippen LogP contribution in [0.1, 0.15) is 5.82 Å². The summed E-state index contributed by atoms with van der Waals surface area (Å²) < 4.78 is 31.5. The van der Waals surface area contributed by atoms with Gasteiger partial charge in [0.05, 0.1) is 24.0 Å². The van der Waals surface area contributed by atoms with Gasteiger partial charge in [-0.25, -0.2) is 4.98 Å². The number of aromatic nitrogens is 2. The molecule has 0 spiro atoms. The summed E-state index contributed by atoms with van der Waals surface area (Å²) in [5.41, 5.74) is 0.355. The highest BCUT2D eigenvalue weighted by Crippen LogP contribution is 2.28. The van der Waals surface area contributed by atoms with Gasteiger partial charge >= 0.3 is 0 Å². The van der Waals surface area contributed by atoms with Crippen molar-refractivity contribution in [3.63, 3.8) is 0 Å². The Labute approximate surface area is 115 Å². The zero-order valence-corrected chi connectivity index (χ0v) is 11.8. The van der Waals surface area contributed by atoms with Gasteiger partial charge in [0.2, 0.25) is 0 Å². The topological polar surface area (TPSA) is 84.1 Å². The van der Waals surface area contributed by atoms with Crippen molar-refractivity contribution in [3.8, 4) is 5.75 Å². The van der Waals surface area contributed by atoms with Crippen LogP contribution in [-0.4, -0.2) is 25.5 Å². The van der Waals surface area contributed by atoms with Crippen molar-refractivity contribution in [2.24, 2.45) is 0 Å². The summed E-state index contributed by atoms with van der Waals surface area (Å²) in [7, 11) is -2.24. The molecular weight excluding hydrogens is 290 g/mol. The van der Waals surface area contributed by atoms with Crippen LogP contribution < -0.4 is 9.46 Å². The monoisotopic (exact) mass is 301 g/mol. The SMILES string of the molecule is COc1cc(NS(=O)(=O)c2cnc(C)[nH]2)ccc1Cl. The second-order valence-electron chi connectivity index (χ2n) is 3.79. The molecule has 1 heterocycles. The fourth-order valence-corrected chi connectivity index (χ4v) is 2.68. The standard InChI is InChI=1S/C11H12ClN3O3S/c1-7-13-6-11(14-7)19(16,17)15-8-3-4-9(12)10(5-8)18-2/h3-6,15H,1-2H3,(H,13,14). The molecule has 0 amide bonds. The van der Waals surface area contributed by atoms with Crippen LogP contribution >= 0.6 is 11.6 Å². The molecule has 0 saturated heterocycles. The molecule has 0 aliphatic rings. The Morgan fingerprint density at radius 2 is 2.16 bits per heavy atom. The van der Waals surface area contributed by atoms with Crippen LogP contribution in [0.2, 0.25) is 5.02 Å². The minimum absolute atomic E-state index is 0.00100. The van der Waals surface area contributed by atoms with E-state index in [0.717, 1.165) is 0 Å². The van der Waals surface area contributed by atoms with Gasteiger partial charge in [-0.2, -0.15) is 8.42 Å². The number of H-pyrrole nitrogens is 1. The molecular formula is C11H12ClN3O3S. The summed E-state index contributed by atoms with van der Waals surface area (Å²) in [6.07, 6.45) is 1.25. The Balaban J connectivity index is 2.30. The van der Waals surface area contributed by atoms with Crippen LogP contribution in [0, 0.1) is 6.92 Å². The van der Waals surface area contributed by atoms with E-state index in [9.17, 15) is 8.42 Å². The number of sulfonamides is 1. The first kappa shape index (κ1) is 13.7. The van der Waals surface area contributed by atoms with E-state index in [0.29, 0.717) is 22.3 Å². The quantitative estimate of drug-likeness (QED) is 0.906. The number of ether oxygens (including phenoxy) is 1. The number of nitrogens with one attached hydrogen (secondary N) is 2. The summed E-state index contributed by atoms with van der Waals surface area (Å²) in [6.45, 7) is 1.67. The van der Waals surface area contributed by atoms with Crippen molar-refractivity contribution in [2.45, 2.75) is 11.9 Å². The summed E-state index contributed by atoms with van der Waals surface area (Å²) in [4.78, 5) is 6.51. The molecule has 2 N–H and O–H groups in total. The second kappa shape index (κ2) is 5.10. The van der Waals surface area contributed by atoms with Crippen molar-refractivity contribution in [3.05, 3.63) is 35.2 Å². The lowest BCUT2D eigenvalue weighted by molar-refractivity contribution is 0.415. The molecule has 0 fully saturated rings. The van der Waals surface area contributed by atoms with E-state index in [1.807, 2.05) is 0 Å². The maximum Gasteiger partial charge on any atom is 0.278 e. The van der Waals surface area contributed by atoms with E-state index in [1.165, 1.54) is 19.4 Å². The molecule has 102 valence electrons. The molecule has 0 unspecified atom stereocenters. The molecule has 0 bridgehead atoms. The lowest BCUT2D eigenvalue weighted by Gasteiger charge is -2.08. The number of methoxy groups -OCH3 is 1. The van der Waals surface area contributed by atoms with Gasteiger partial charge in [0.25, 0.3) is 10.0 Å². The number of aromatic amines is 1. The van der Waals surface area contributed by atoms with Gasteiger partial charge in [0, 0.05) is 6.07 Å². The van der Waals surface area contributed by atoms with Gasteiger partial charge in [-0.15, -0.1) is 0 Å². The fourth-order valence-electron chi connectivity index (χ4n) is 1.47. The van der Waals surface area contributed by atoms with Crippen molar-refractivity contribution in [2.75, 3.05) is 11.8 Å². The third-order valence-electron chi connectivity index (χ3n) is 2.37. The molecule has 1 aromatic heterocycles. The van der Waals surface area contributed by atoms with Crippen molar-refractivity contribution >= 4 is 27.3 Å². The first-order chi connectivity index (χ1) is 8.92. The third kappa shape index (κ3) is 2.99. The van der Waals surface area contributed by atoms with Crippen LogP contribution in [0.4, 0.5) is 5.69 Å². The second-order valence-corrected chi connectivity index (χ2v) is 5.85. The highest BCUT2D eigenvalue weighted by Gasteiger charge is 2.17. The van der Waals surface area contributed by atoms with Crippen molar-refractivity contribution in [1.82, 2.24) is 9.97 Å². The van der Waals surface area contributed by atoms with E-state index >= 15 is 0 Å². The van der Waals surface area contributed by atoms with E-state index in [2.05, 4.69) is 14.7 Å². The Hall–Kier alpha value is -1.73. The smallest absolute Gasteiger partial charge is 0.278 e. The van der Waals surface area contributed by atoms with Crippen molar-refractivity contribution in [1.29, 1.82) is 0 Å². The molecule has 0 aliphatic carbocycles. The molecule has 0 aliphatic heterocycles. The zero-order valence-electron chi connectivity index (χ0n) is 10.3. The molecule has 19 heavy (non-hydrogen) atoms. The molecule has 2 rings (SSSR count). The number of hydrogen-bond donors (Lipinski definition) is 2. The van der Waals surface area contributed by atoms with Gasteiger partial charge < -0.3 is 9.72 Å². The van der Waals surface area contributed by atoms with Crippen LogP contribution in [0.3, 0.4) is 0 Å². The molecule has 0 radical (unpaired) electrons. The van der Waals surface area contributed by atoms with E-state index < -0.39 is 10.0 Å². The van der Waals surface area contributed by atoms with Crippen LogP contribution in [0.15, 0.2) is 29.4 Å². The first-order valence-corrected chi connectivity index (χ1v) is 7.16. The Morgan fingerprint density at radius 1 is 1.42 bits per heavy atom. The maximum atomic E-state index is 12.0. The average molecular weight is 302 g/mol. The van der Waals surface area contributed by atoms with Gasteiger partial charge in [-0.05, 0) is 19.1 Å². The number of halogens is 1. The minimum atomic E-state index is -3.70. The van der Waals surface area contributed by atoms with Crippen LogP contribution in [0.5, 0.6) is 5.75 Å². The predicted molar refractivity (Wildman–Crippen MR) is 72.1 cm³/mol. The number of aryl methyl sites for hydroxylation is 1. The van der Waals surface area contributed by atoms with Gasteiger partial charge in [-0.1, -0.05) is 11.6 Å². The largest absolute Gasteiger partial charge is 0.495 e. The van der Waals surface area contributed by atoms with Gasteiger partial charge in [0.1, 0.15) is 11.6 Å². The molecule has 8 heteroatoms. The number of imidazole rings is 1. The lowest BCUT2D eigenvalue weighted by atomic mass is 10.3. The van der Waals surface area contributed by atoms with Gasteiger partial charge in [-0.3, -0.25) is 4.72 Å². The van der Waals surface area contributed by atoms with E-state index in [4.69, 9.17) is 16.3 Å². The highest BCUT2D eigenvalue weighted by molar-refractivity contribution is 7.92. The molecule has 6 nitrogen and oxygen atoms in total. The lowest BCUT2D eigenvalue weighted by Crippen LogP contribution is -2.13.